The molecule has 0 unspecified atom stereocenters. The van der Waals surface area contributed by atoms with Crippen molar-refractivity contribution in [2.75, 3.05) is 20.2 Å². The second-order valence-electron chi connectivity index (χ2n) is 5.39. The van der Waals surface area contributed by atoms with E-state index < -0.39 is 5.54 Å². The maximum Gasteiger partial charge on any atom is 0.242 e. The molecule has 1 fully saturated rings. The molecule has 0 aromatic heterocycles. The summed E-state index contributed by atoms with van der Waals surface area (Å²) < 4.78 is 18.2. The monoisotopic (exact) mass is 316 g/mol. The molecule has 0 atom stereocenters. The topological polar surface area (TPSA) is 55.6 Å². The van der Waals surface area contributed by atoms with E-state index in [-0.39, 0.29) is 24.1 Å². The molecule has 1 amide bonds. The summed E-state index contributed by atoms with van der Waals surface area (Å²) >= 11 is 0. The fourth-order valence-electron chi connectivity index (χ4n) is 2.53. The molecule has 1 aromatic carbocycles. The Morgan fingerprint density at radius 2 is 1.90 bits per heavy atom. The minimum atomic E-state index is -0.690. The number of likely N-dealkylation sites (N-methyl/N-ethyl adjacent to an activating group) is 1. The standard InChI is InChI=1S/C15H21FN2O2.ClH/c1-18(14(19)15(17)8-2-3-9-15)10-11-20-13-6-4-12(16)5-7-13;/h4-7H,2-3,8-11,17H2,1H3;1H. The predicted octanol–water partition coefficient (Wildman–Crippen LogP) is 2.36. The molecule has 0 saturated heterocycles. The van der Waals surface area contributed by atoms with Crippen molar-refractivity contribution in [1.82, 2.24) is 4.90 Å². The van der Waals surface area contributed by atoms with Crippen LogP contribution in [0.4, 0.5) is 4.39 Å². The van der Waals surface area contributed by atoms with Crippen molar-refractivity contribution < 1.29 is 13.9 Å². The Balaban J connectivity index is 0.00000220. The summed E-state index contributed by atoms with van der Waals surface area (Å²) in [7, 11) is 1.74. The van der Waals surface area contributed by atoms with Crippen molar-refractivity contribution >= 4 is 18.3 Å². The third kappa shape index (κ3) is 4.58. The molecule has 2 N–H and O–H groups in total. The second-order valence-corrected chi connectivity index (χ2v) is 5.39. The van der Waals surface area contributed by atoms with Gasteiger partial charge in [0.25, 0.3) is 0 Å². The number of nitrogens with zero attached hydrogens (tertiary/aromatic N) is 1. The van der Waals surface area contributed by atoms with Crippen molar-refractivity contribution in [3.05, 3.63) is 30.1 Å². The molecule has 0 radical (unpaired) electrons. The lowest BCUT2D eigenvalue weighted by Crippen LogP contribution is -2.53. The van der Waals surface area contributed by atoms with Gasteiger partial charge >= 0.3 is 0 Å². The van der Waals surface area contributed by atoms with Gasteiger partial charge in [0, 0.05) is 7.05 Å². The highest BCUT2D eigenvalue weighted by Crippen LogP contribution is 2.28. The number of hydrogen-bond donors (Lipinski definition) is 1. The third-order valence-corrected chi connectivity index (χ3v) is 3.78. The number of nitrogens with two attached hydrogens (primary N) is 1. The van der Waals surface area contributed by atoms with Crippen LogP contribution in [0, 0.1) is 5.82 Å². The van der Waals surface area contributed by atoms with Crippen LogP contribution in [0.15, 0.2) is 24.3 Å². The maximum atomic E-state index is 12.7. The van der Waals surface area contributed by atoms with Crippen LogP contribution in [0.2, 0.25) is 0 Å². The van der Waals surface area contributed by atoms with Gasteiger partial charge in [-0.2, -0.15) is 0 Å². The van der Waals surface area contributed by atoms with E-state index in [0.29, 0.717) is 18.9 Å². The molecule has 0 heterocycles. The molecular weight excluding hydrogens is 295 g/mol. The van der Waals surface area contributed by atoms with Gasteiger partial charge in [0.05, 0.1) is 12.1 Å². The van der Waals surface area contributed by atoms with E-state index in [4.69, 9.17) is 10.5 Å². The van der Waals surface area contributed by atoms with Gasteiger partial charge in [0.15, 0.2) is 0 Å². The molecule has 0 aliphatic heterocycles. The first kappa shape index (κ1) is 17.7. The van der Waals surface area contributed by atoms with Crippen molar-refractivity contribution in [1.29, 1.82) is 0 Å². The quantitative estimate of drug-likeness (QED) is 0.907. The minimum absolute atomic E-state index is 0. The van der Waals surface area contributed by atoms with Gasteiger partial charge in [-0.3, -0.25) is 4.79 Å². The Morgan fingerprint density at radius 1 is 1.33 bits per heavy atom. The zero-order chi connectivity index (χ0) is 14.6. The molecule has 1 aromatic rings. The van der Waals surface area contributed by atoms with E-state index in [1.165, 1.54) is 12.1 Å². The Morgan fingerprint density at radius 3 is 2.48 bits per heavy atom. The number of benzene rings is 1. The highest BCUT2D eigenvalue weighted by Gasteiger charge is 2.38. The summed E-state index contributed by atoms with van der Waals surface area (Å²) in [5.74, 6) is 0.282. The van der Waals surface area contributed by atoms with Gasteiger partial charge in [-0.05, 0) is 37.1 Å². The lowest BCUT2D eigenvalue weighted by atomic mass is 9.97. The predicted molar refractivity (Wildman–Crippen MR) is 82.2 cm³/mol. The van der Waals surface area contributed by atoms with Gasteiger partial charge in [-0.25, -0.2) is 4.39 Å². The zero-order valence-corrected chi connectivity index (χ0v) is 13.0. The number of carbonyl (C=O) groups excluding carboxylic acids is 1. The number of ether oxygens (including phenoxy) is 1. The van der Waals surface area contributed by atoms with E-state index in [1.54, 1.807) is 24.1 Å². The smallest absolute Gasteiger partial charge is 0.242 e. The van der Waals surface area contributed by atoms with E-state index in [2.05, 4.69) is 0 Å². The first-order valence-electron chi connectivity index (χ1n) is 6.94. The molecule has 118 valence electrons. The Kier molecular flexibility index (Phi) is 6.42. The van der Waals surface area contributed by atoms with Gasteiger partial charge in [0.1, 0.15) is 18.2 Å². The largest absolute Gasteiger partial charge is 0.492 e. The van der Waals surface area contributed by atoms with Crippen molar-refractivity contribution in [3.8, 4) is 5.75 Å². The van der Waals surface area contributed by atoms with Crippen molar-refractivity contribution in [3.63, 3.8) is 0 Å². The summed E-state index contributed by atoms with van der Waals surface area (Å²) in [6.07, 6.45) is 3.55. The molecule has 6 heteroatoms. The van der Waals surface area contributed by atoms with Crippen LogP contribution in [0.1, 0.15) is 25.7 Å². The normalized spacial score (nSPS) is 16.1. The van der Waals surface area contributed by atoms with Crippen LogP contribution in [0.3, 0.4) is 0 Å². The van der Waals surface area contributed by atoms with Crippen molar-refractivity contribution in [2.24, 2.45) is 5.73 Å². The molecular formula is C15H22ClFN2O2. The summed E-state index contributed by atoms with van der Waals surface area (Å²) in [6, 6.07) is 5.83. The molecule has 1 aliphatic carbocycles. The van der Waals surface area contributed by atoms with Gasteiger partial charge in [0.2, 0.25) is 5.91 Å². The van der Waals surface area contributed by atoms with Crippen LogP contribution >= 0.6 is 12.4 Å². The summed E-state index contributed by atoms with van der Waals surface area (Å²) in [4.78, 5) is 13.9. The third-order valence-electron chi connectivity index (χ3n) is 3.78. The van der Waals surface area contributed by atoms with Crippen LogP contribution in [-0.4, -0.2) is 36.5 Å². The van der Waals surface area contributed by atoms with Crippen LogP contribution in [-0.2, 0) is 4.79 Å². The van der Waals surface area contributed by atoms with Crippen LogP contribution in [0.25, 0.3) is 0 Å². The second kappa shape index (κ2) is 7.61. The van der Waals surface area contributed by atoms with E-state index in [0.717, 1.165) is 25.7 Å². The Hall–Kier alpha value is -1.33. The lowest BCUT2D eigenvalue weighted by molar-refractivity contribution is -0.135. The van der Waals surface area contributed by atoms with Crippen LogP contribution in [0.5, 0.6) is 5.75 Å². The highest BCUT2D eigenvalue weighted by molar-refractivity contribution is 5.86. The molecule has 1 aliphatic rings. The average molecular weight is 317 g/mol. The first-order valence-corrected chi connectivity index (χ1v) is 6.94. The summed E-state index contributed by atoms with van der Waals surface area (Å²) in [5.41, 5.74) is 5.44. The Bertz CT molecular complexity index is 461. The molecule has 1 saturated carbocycles. The minimum Gasteiger partial charge on any atom is -0.492 e. The highest BCUT2D eigenvalue weighted by atomic mass is 35.5. The fraction of sp³-hybridized carbons (Fsp3) is 0.533. The molecule has 0 spiro atoms. The maximum absolute atomic E-state index is 12.7. The zero-order valence-electron chi connectivity index (χ0n) is 12.2. The molecule has 21 heavy (non-hydrogen) atoms. The number of rotatable bonds is 5. The molecule has 2 rings (SSSR count). The first-order chi connectivity index (χ1) is 9.51. The number of carbonyl (C=O) groups is 1. The van der Waals surface area contributed by atoms with E-state index in [1.807, 2.05) is 0 Å². The van der Waals surface area contributed by atoms with Gasteiger partial charge in [-0.15, -0.1) is 12.4 Å². The number of hydrogen-bond acceptors (Lipinski definition) is 3. The number of halogens is 2. The summed E-state index contributed by atoms with van der Waals surface area (Å²) in [6.45, 7) is 0.832. The molecule has 0 bridgehead atoms. The van der Waals surface area contributed by atoms with E-state index in [9.17, 15) is 9.18 Å². The van der Waals surface area contributed by atoms with Crippen molar-refractivity contribution in [2.45, 2.75) is 31.2 Å². The molecule has 4 nitrogen and oxygen atoms in total. The summed E-state index contributed by atoms with van der Waals surface area (Å²) in [5, 5.41) is 0. The van der Waals surface area contributed by atoms with Gasteiger partial charge in [-0.1, -0.05) is 12.8 Å². The SMILES string of the molecule is CN(CCOc1ccc(F)cc1)C(=O)C1(N)CCCC1.Cl. The fourth-order valence-corrected chi connectivity index (χ4v) is 2.53. The van der Waals surface area contributed by atoms with Crippen LogP contribution < -0.4 is 10.5 Å². The Labute approximate surface area is 130 Å². The van der Waals surface area contributed by atoms with Gasteiger partial charge < -0.3 is 15.4 Å². The van der Waals surface area contributed by atoms with E-state index >= 15 is 0 Å². The number of amides is 1. The average Bonchev–Trinajstić information content (AvgIpc) is 2.88. The lowest BCUT2D eigenvalue weighted by Gasteiger charge is -2.28.